The summed E-state index contributed by atoms with van der Waals surface area (Å²) in [6, 6.07) is 9.02. The Labute approximate surface area is 192 Å². The molecule has 1 atom stereocenters. The highest BCUT2D eigenvalue weighted by Gasteiger charge is 2.41. The number of halogens is 1. The standard InChI is InChI=1S/C25H26ClNO5/c1-14-8-9-15(26)10-19(14)27-18-6-5-7-20(28)25(18)17(12-24(27)29)16-11-22(31-3)23(32-4)13-21(16)30-2/h8-11,13,17H,5-7,12H2,1-4H3/t17-/m0/s1. The van der Waals surface area contributed by atoms with Gasteiger partial charge in [0.05, 0.1) is 27.0 Å². The van der Waals surface area contributed by atoms with Crippen molar-refractivity contribution in [1.29, 1.82) is 0 Å². The van der Waals surface area contributed by atoms with Gasteiger partial charge in [-0.1, -0.05) is 17.7 Å². The zero-order valence-corrected chi connectivity index (χ0v) is 19.4. The minimum Gasteiger partial charge on any atom is -0.496 e. The second-order valence-electron chi connectivity index (χ2n) is 8.00. The van der Waals surface area contributed by atoms with Crippen LogP contribution in [0.5, 0.6) is 17.2 Å². The highest BCUT2D eigenvalue weighted by Crippen LogP contribution is 2.48. The summed E-state index contributed by atoms with van der Waals surface area (Å²) in [5, 5.41) is 0.548. The van der Waals surface area contributed by atoms with Crippen LogP contribution in [0, 0.1) is 6.92 Å². The van der Waals surface area contributed by atoms with Gasteiger partial charge in [0.25, 0.3) is 0 Å². The van der Waals surface area contributed by atoms with Crippen molar-refractivity contribution in [2.45, 2.75) is 38.5 Å². The van der Waals surface area contributed by atoms with Crippen molar-refractivity contribution in [1.82, 2.24) is 0 Å². The number of nitrogens with zero attached hydrogens (tertiary/aromatic N) is 1. The average Bonchev–Trinajstić information content (AvgIpc) is 2.79. The van der Waals surface area contributed by atoms with Crippen LogP contribution in [0.3, 0.4) is 0 Å². The number of hydrogen-bond donors (Lipinski definition) is 0. The molecule has 0 unspecified atom stereocenters. The Hall–Kier alpha value is -2.99. The van der Waals surface area contributed by atoms with E-state index in [1.54, 1.807) is 44.4 Å². The van der Waals surface area contributed by atoms with Crippen molar-refractivity contribution >= 4 is 29.0 Å². The minimum absolute atomic E-state index is 0.0604. The van der Waals surface area contributed by atoms with E-state index in [9.17, 15) is 9.59 Å². The van der Waals surface area contributed by atoms with Gasteiger partial charge in [-0.25, -0.2) is 0 Å². The number of ether oxygens (including phenoxy) is 3. The van der Waals surface area contributed by atoms with Crippen LogP contribution >= 0.6 is 11.6 Å². The third kappa shape index (κ3) is 3.73. The van der Waals surface area contributed by atoms with Gasteiger partial charge in [0.15, 0.2) is 17.3 Å². The number of carbonyl (C=O) groups is 2. The molecule has 0 bridgehead atoms. The maximum Gasteiger partial charge on any atom is 0.232 e. The van der Waals surface area contributed by atoms with Gasteiger partial charge in [-0.3, -0.25) is 14.5 Å². The molecular weight excluding hydrogens is 430 g/mol. The largest absolute Gasteiger partial charge is 0.496 e. The molecule has 4 rings (SSSR count). The van der Waals surface area contributed by atoms with Crippen molar-refractivity contribution < 1.29 is 23.8 Å². The smallest absolute Gasteiger partial charge is 0.232 e. The number of benzene rings is 2. The van der Waals surface area contributed by atoms with E-state index in [2.05, 4.69) is 0 Å². The molecule has 0 radical (unpaired) electrons. The molecule has 7 heteroatoms. The lowest BCUT2D eigenvalue weighted by atomic mass is 9.76. The number of rotatable bonds is 5. The Kier molecular flexibility index (Phi) is 6.15. The second-order valence-corrected chi connectivity index (χ2v) is 8.44. The lowest BCUT2D eigenvalue weighted by molar-refractivity contribution is -0.119. The molecule has 0 fully saturated rings. The summed E-state index contributed by atoms with van der Waals surface area (Å²) >= 11 is 6.25. The van der Waals surface area contributed by atoms with Gasteiger partial charge in [-0.15, -0.1) is 0 Å². The zero-order chi connectivity index (χ0) is 23.0. The number of aryl methyl sites for hydroxylation is 1. The number of hydrogen-bond acceptors (Lipinski definition) is 5. The third-order valence-electron chi connectivity index (χ3n) is 6.20. The Morgan fingerprint density at radius 3 is 2.31 bits per heavy atom. The predicted octanol–water partition coefficient (Wildman–Crippen LogP) is 5.20. The van der Waals surface area contributed by atoms with Crippen LogP contribution < -0.4 is 19.1 Å². The number of Topliss-reactive ketones (excluding diaryl/α,β-unsaturated/α-hetero) is 1. The molecule has 0 aromatic heterocycles. The quantitative estimate of drug-likeness (QED) is 0.619. The van der Waals surface area contributed by atoms with E-state index in [4.69, 9.17) is 25.8 Å². The maximum atomic E-state index is 13.5. The number of carbonyl (C=O) groups excluding carboxylic acids is 2. The summed E-state index contributed by atoms with van der Waals surface area (Å²) in [6.07, 6.45) is 1.95. The van der Waals surface area contributed by atoms with E-state index in [-0.39, 0.29) is 18.1 Å². The van der Waals surface area contributed by atoms with Gasteiger partial charge in [-0.2, -0.15) is 0 Å². The van der Waals surface area contributed by atoms with E-state index in [0.717, 1.165) is 22.5 Å². The Morgan fingerprint density at radius 1 is 0.938 bits per heavy atom. The Morgan fingerprint density at radius 2 is 1.62 bits per heavy atom. The van der Waals surface area contributed by atoms with E-state index in [0.29, 0.717) is 47.1 Å². The number of amides is 1. The summed E-state index contributed by atoms with van der Waals surface area (Å²) in [5.41, 5.74) is 3.81. The fourth-order valence-corrected chi connectivity index (χ4v) is 4.85. The molecule has 1 aliphatic heterocycles. The van der Waals surface area contributed by atoms with Gasteiger partial charge in [0.1, 0.15) is 5.75 Å². The molecule has 0 N–H and O–H groups in total. The molecule has 2 aliphatic rings. The van der Waals surface area contributed by atoms with Gasteiger partial charge < -0.3 is 14.2 Å². The highest BCUT2D eigenvalue weighted by molar-refractivity contribution is 6.31. The van der Waals surface area contributed by atoms with E-state index in [1.165, 1.54) is 0 Å². The van der Waals surface area contributed by atoms with Crippen LogP contribution in [0.25, 0.3) is 0 Å². The van der Waals surface area contributed by atoms with Gasteiger partial charge >= 0.3 is 0 Å². The molecule has 0 saturated carbocycles. The van der Waals surface area contributed by atoms with Crippen LogP contribution in [0.15, 0.2) is 41.6 Å². The number of allylic oxidation sites excluding steroid dienone is 2. The molecule has 1 heterocycles. The number of ketones is 1. The van der Waals surface area contributed by atoms with E-state index < -0.39 is 5.92 Å². The monoisotopic (exact) mass is 455 g/mol. The third-order valence-corrected chi connectivity index (χ3v) is 6.43. The first-order chi connectivity index (χ1) is 15.4. The highest BCUT2D eigenvalue weighted by atomic mass is 35.5. The number of anilines is 1. The molecule has 2 aromatic carbocycles. The van der Waals surface area contributed by atoms with Crippen molar-refractivity contribution in [3.05, 3.63) is 57.8 Å². The predicted molar refractivity (Wildman–Crippen MR) is 123 cm³/mol. The van der Waals surface area contributed by atoms with Crippen LogP contribution in [-0.2, 0) is 9.59 Å². The van der Waals surface area contributed by atoms with E-state index in [1.807, 2.05) is 19.1 Å². The lowest BCUT2D eigenvalue weighted by Crippen LogP contribution is -2.41. The second kappa shape index (κ2) is 8.87. The summed E-state index contributed by atoms with van der Waals surface area (Å²) in [6.45, 7) is 1.94. The SMILES string of the molecule is COc1cc(OC)c([C@@H]2CC(=O)N(c3cc(Cl)ccc3C)C3=C2C(=O)CCC3)cc1OC. The maximum absolute atomic E-state index is 13.5. The normalized spacial score (nSPS) is 18.5. The van der Waals surface area contributed by atoms with Crippen molar-refractivity contribution in [3.8, 4) is 17.2 Å². The van der Waals surface area contributed by atoms with Crippen molar-refractivity contribution in [2.75, 3.05) is 26.2 Å². The zero-order valence-electron chi connectivity index (χ0n) is 18.7. The summed E-state index contributed by atoms with van der Waals surface area (Å²) in [4.78, 5) is 28.4. The molecule has 6 nitrogen and oxygen atoms in total. The summed E-state index contributed by atoms with van der Waals surface area (Å²) in [7, 11) is 4.67. The van der Waals surface area contributed by atoms with Crippen LogP contribution in [0.2, 0.25) is 5.02 Å². The summed E-state index contributed by atoms with van der Waals surface area (Å²) in [5.74, 6) is 1.16. The van der Waals surface area contributed by atoms with Crippen LogP contribution in [-0.4, -0.2) is 33.0 Å². The molecule has 0 spiro atoms. The van der Waals surface area contributed by atoms with Crippen LogP contribution in [0.4, 0.5) is 5.69 Å². The van der Waals surface area contributed by atoms with Gasteiger partial charge in [-0.05, 0) is 43.5 Å². The van der Waals surface area contributed by atoms with Crippen molar-refractivity contribution in [2.24, 2.45) is 0 Å². The Bertz CT molecular complexity index is 1120. The fraction of sp³-hybridized carbons (Fsp3) is 0.360. The average molecular weight is 456 g/mol. The molecule has 32 heavy (non-hydrogen) atoms. The molecule has 168 valence electrons. The first-order valence-corrected chi connectivity index (χ1v) is 10.9. The molecular formula is C25H26ClNO5. The molecule has 1 amide bonds. The molecule has 1 aliphatic carbocycles. The first kappa shape index (κ1) is 22.2. The Balaban J connectivity index is 1.92. The lowest BCUT2D eigenvalue weighted by Gasteiger charge is -2.39. The van der Waals surface area contributed by atoms with Crippen molar-refractivity contribution in [3.63, 3.8) is 0 Å². The van der Waals surface area contributed by atoms with Gasteiger partial charge in [0.2, 0.25) is 5.91 Å². The topological polar surface area (TPSA) is 65.1 Å². The molecule has 2 aromatic rings. The first-order valence-electron chi connectivity index (χ1n) is 10.5. The summed E-state index contributed by atoms with van der Waals surface area (Å²) < 4.78 is 16.5. The number of methoxy groups -OCH3 is 3. The molecule has 0 saturated heterocycles. The van der Waals surface area contributed by atoms with Gasteiger partial charge in [0, 0.05) is 46.7 Å². The fourth-order valence-electron chi connectivity index (χ4n) is 4.69. The van der Waals surface area contributed by atoms with E-state index >= 15 is 0 Å². The minimum atomic E-state index is -0.421. The van der Waals surface area contributed by atoms with Crippen LogP contribution in [0.1, 0.15) is 42.7 Å².